The fraction of sp³-hybridized carbons (Fsp3) is 0. The Balaban J connectivity index is 1.87. The third-order valence-corrected chi connectivity index (χ3v) is 5.56. The second kappa shape index (κ2) is 8.47. The number of carboxylic acids is 1. The smallest absolute Gasteiger partial charge is 0.342 e. The van der Waals surface area contributed by atoms with Crippen LogP contribution in [0.4, 0.5) is 0 Å². The molecule has 0 spiro atoms. The quantitative estimate of drug-likeness (QED) is 0.315. The van der Waals surface area contributed by atoms with Gasteiger partial charge in [0.25, 0.3) is 5.22 Å². The van der Waals surface area contributed by atoms with Crippen LogP contribution in [0.1, 0.15) is 5.56 Å². The maximum atomic E-state index is 11.6. The molecular weight excluding hydrogens is 524 g/mol. The van der Waals surface area contributed by atoms with Gasteiger partial charge in [0.2, 0.25) is 5.89 Å². The lowest BCUT2D eigenvalue weighted by atomic mass is 10.2. The number of aromatic nitrogens is 2. The average Bonchev–Trinajstić information content (AvgIpc) is 3.08. The summed E-state index contributed by atoms with van der Waals surface area (Å²) in [6.07, 6.45) is 1.44. The van der Waals surface area contributed by atoms with E-state index < -0.39 is 5.97 Å². The molecule has 27 heavy (non-hydrogen) atoms. The molecule has 2 aromatic carbocycles. The van der Waals surface area contributed by atoms with Gasteiger partial charge in [0.15, 0.2) is 0 Å². The lowest BCUT2D eigenvalue weighted by Gasteiger charge is -2.04. The molecule has 10 heteroatoms. The molecule has 0 bridgehead atoms. The predicted octanol–water partition coefficient (Wildman–Crippen LogP) is 5.84. The van der Waals surface area contributed by atoms with Gasteiger partial charge >= 0.3 is 5.97 Å². The molecule has 0 atom stereocenters. The van der Waals surface area contributed by atoms with Crippen LogP contribution >= 0.6 is 55.2 Å². The third kappa shape index (κ3) is 4.92. The Morgan fingerprint density at radius 2 is 1.78 bits per heavy atom. The molecular formula is C17H9Br2ClN2O4S. The van der Waals surface area contributed by atoms with E-state index in [9.17, 15) is 15.0 Å². The molecule has 0 fully saturated rings. The Morgan fingerprint density at radius 1 is 1.15 bits per heavy atom. The molecule has 0 saturated heterocycles. The van der Waals surface area contributed by atoms with Gasteiger partial charge < -0.3 is 14.6 Å². The molecule has 0 amide bonds. The van der Waals surface area contributed by atoms with Gasteiger partial charge in [-0.2, -0.15) is 0 Å². The van der Waals surface area contributed by atoms with Crippen LogP contribution in [0.15, 0.2) is 59.9 Å². The van der Waals surface area contributed by atoms with Crippen LogP contribution in [0, 0.1) is 0 Å². The second-order valence-electron chi connectivity index (χ2n) is 5.13. The van der Waals surface area contributed by atoms with Crippen LogP contribution in [0.25, 0.3) is 17.5 Å². The number of rotatable bonds is 5. The van der Waals surface area contributed by atoms with Crippen LogP contribution in [-0.2, 0) is 4.79 Å². The van der Waals surface area contributed by atoms with Crippen molar-refractivity contribution in [3.05, 3.63) is 60.8 Å². The number of benzene rings is 2. The Bertz CT molecular complexity index is 1010. The summed E-state index contributed by atoms with van der Waals surface area (Å²) in [5.74, 6) is -0.859. The monoisotopic (exact) mass is 530 g/mol. The number of phenols is 1. The third-order valence-electron chi connectivity index (χ3n) is 3.24. The summed E-state index contributed by atoms with van der Waals surface area (Å²) in [6, 6.07) is 10.0. The first-order valence-corrected chi connectivity index (χ1v) is 10.0. The van der Waals surface area contributed by atoms with E-state index in [0.717, 1.165) is 11.8 Å². The molecule has 0 aliphatic rings. The highest BCUT2D eigenvalue weighted by Gasteiger charge is 2.16. The van der Waals surface area contributed by atoms with E-state index in [-0.39, 0.29) is 21.8 Å². The van der Waals surface area contributed by atoms with Crippen LogP contribution in [-0.4, -0.2) is 26.4 Å². The zero-order valence-electron chi connectivity index (χ0n) is 13.2. The standard InChI is InChI=1S/C17H9Br2ClN2O4S/c18-11-5-8(6-12(19)14(11)23)7-13(16(24)25)27-17-22-21-15(26-17)9-1-3-10(20)4-2-9/h1-7,23H,(H,24,25)/b13-7-. The molecule has 0 saturated carbocycles. The van der Waals surface area contributed by atoms with E-state index in [2.05, 4.69) is 42.1 Å². The Hall–Kier alpha value is -1.81. The number of phenolic OH excluding ortho intramolecular Hbond substituents is 1. The first-order valence-electron chi connectivity index (χ1n) is 7.24. The van der Waals surface area contributed by atoms with Gasteiger partial charge in [0.05, 0.1) is 8.95 Å². The summed E-state index contributed by atoms with van der Waals surface area (Å²) >= 11 is 13.1. The number of nitrogens with zero attached hydrogens (tertiary/aromatic N) is 2. The van der Waals surface area contributed by atoms with Gasteiger partial charge in [-0.3, -0.25) is 0 Å². The number of thioether (sulfide) groups is 1. The molecule has 1 aromatic heterocycles. The van der Waals surface area contributed by atoms with E-state index in [0.29, 0.717) is 25.1 Å². The minimum atomic E-state index is -1.15. The number of hydrogen-bond acceptors (Lipinski definition) is 6. The molecule has 3 rings (SSSR count). The number of carbonyl (C=O) groups is 1. The summed E-state index contributed by atoms with van der Waals surface area (Å²) in [7, 11) is 0. The van der Waals surface area contributed by atoms with Gasteiger partial charge in [0.1, 0.15) is 10.7 Å². The molecule has 1 heterocycles. The molecule has 0 unspecified atom stereocenters. The lowest BCUT2D eigenvalue weighted by Crippen LogP contribution is -1.97. The van der Waals surface area contributed by atoms with E-state index in [1.165, 1.54) is 6.08 Å². The van der Waals surface area contributed by atoms with Crippen molar-refractivity contribution in [1.29, 1.82) is 0 Å². The Labute approximate surface area is 179 Å². The van der Waals surface area contributed by atoms with Gasteiger partial charge in [-0.15, -0.1) is 10.2 Å². The summed E-state index contributed by atoms with van der Waals surface area (Å²) in [6.45, 7) is 0. The van der Waals surface area contributed by atoms with E-state index in [4.69, 9.17) is 16.0 Å². The van der Waals surface area contributed by atoms with Crippen molar-refractivity contribution in [2.45, 2.75) is 5.22 Å². The second-order valence-corrected chi connectivity index (χ2v) is 8.27. The summed E-state index contributed by atoms with van der Waals surface area (Å²) in [5.41, 5.74) is 1.24. The number of halogens is 3. The SMILES string of the molecule is O=C(O)/C(=C/c1cc(Br)c(O)c(Br)c1)Sc1nnc(-c2ccc(Cl)cc2)o1. The van der Waals surface area contributed by atoms with Crippen molar-refractivity contribution < 1.29 is 19.4 Å². The lowest BCUT2D eigenvalue weighted by molar-refractivity contribution is -0.131. The van der Waals surface area contributed by atoms with Gasteiger partial charge in [-0.05, 0) is 91.7 Å². The number of carboxylic acid groups (broad SMARTS) is 1. The molecule has 6 nitrogen and oxygen atoms in total. The van der Waals surface area contributed by atoms with Crippen LogP contribution in [0.3, 0.4) is 0 Å². The first-order chi connectivity index (χ1) is 12.8. The molecule has 2 N–H and O–H groups in total. The van der Waals surface area contributed by atoms with E-state index >= 15 is 0 Å². The predicted molar refractivity (Wildman–Crippen MR) is 110 cm³/mol. The van der Waals surface area contributed by atoms with Crippen molar-refractivity contribution in [2.75, 3.05) is 0 Å². The van der Waals surface area contributed by atoms with Crippen LogP contribution < -0.4 is 0 Å². The first kappa shape index (κ1) is 19.9. The fourth-order valence-electron chi connectivity index (χ4n) is 2.01. The van der Waals surface area contributed by atoms with Crippen molar-refractivity contribution >= 4 is 67.3 Å². The van der Waals surface area contributed by atoms with Gasteiger partial charge in [-0.25, -0.2) is 4.79 Å². The maximum Gasteiger partial charge on any atom is 0.342 e. The Morgan fingerprint density at radius 3 is 2.37 bits per heavy atom. The molecule has 0 aliphatic carbocycles. The number of aliphatic carboxylic acids is 1. The minimum absolute atomic E-state index is 0.0224. The summed E-state index contributed by atoms with van der Waals surface area (Å²) in [4.78, 5) is 11.6. The highest BCUT2D eigenvalue weighted by atomic mass is 79.9. The largest absolute Gasteiger partial charge is 0.506 e. The van der Waals surface area contributed by atoms with E-state index in [1.807, 2.05) is 0 Å². The molecule has 3 aromatic rings. The van der Waals surface area contributed by atoms with Crippen molar-refractivity contribution in [3.63, 3.8) is 0 Å². The summed E-state index contributed by atoms with van der Waals surface area (Å²) in [5, 5.41) is 27.7. The molecule has 0 aliphatic heterocycles. The maximum absolute atomic E-state index is 11.6. The number of aromatic hydroxyl groups is 1. The fourth-order valence-corrected chi connectivity index (χ4v) is 4.03. The zero-order chi connectivity index (χ0) is 19.6. The van der Waals surface area contributed by atoms with Crippen LogP contribution in [0.5, 0.6) is 5.75 Å². The van der Waals surface area contributed by atoms with Gasteiger partial charge in [0, 0.05) is 10.6 Å². The molecule has 0 radical (unpaired) electrons. The summed E-state index contributed by atoms with van der Waals surface area (Å²) < 4.78 is 6.39. The van der Waals surface area contributed by atoms with Gasteiger partial charge in [-0.1, -0.05) is 11.6 Å². The zero-order valence-corrected chi connectivity index (χ0v) is 17.9. The van der Waals surface area contributed by atoms with Crippen molar-refractivity contribution in [2.24, 2.45) is 0 Å². The topological polar surface area (TPSA) is 96.5 Å². The van der Waals surface area contributed by atoms with Crippen molar-refractivity contribution in [3.8, 4) is 17.2 Å². The van der Waals surface area contributed by atoms with Crippen LogP contribution in [0.2, 0.25) is 5.02 Å². The number of hydrogen-bond donors (Lipinski definition) is 2. The van der Waals surface area contributed by atoms with Crippen molar-refractivity contribution in [1.82, 2.24) is 10.2 Å². The Kier molecular flexibility index (Phi) is 6.25. The average molecular weight is 533 g/mol. The minimum Gasteiger partial charge on any atom is -0.506 e. The highest BCUT2D eigenvalue weighted by molar-refractivity contribution is 9.11. The molecule has 138 valence electrons. The highest BCUT2D eigenvalue weighted by Crippen LogP contribution is 2.36. The van der Waals surface area contributed by atoms with E-state index in [1.54, 1.807) is 36.4 Å². The normalized spacial score (nSPS) is 11.6.